The lowest BCUT2D eigenvalue weighted by Crippen LogP contribution is -2.06. The van der Waals surface area contributed by atoms with Crippen molar-refractivity contribution >= 4 is 23.5 Å². The predicted octanol–water partition coefficient (Wildman–Crippen LogP) is 2.73. The van der Waals surface area contributed by atoms with Gasteiger partial charge in [0.1, 0.15) is 17.5 Å². The maximum absolute atomic E-state index is 9.47. The first kappa shape index (κ1) is 14.6. The Labute approximate surface area is 133 Å². The molecule has 3 rings (SSSR count). The second-order valence-electron chi connectivity index (χ2n) is 5.00. The zero-order valence-corrected chi connectivity index (χ0v) is 13.2. The van der Waals surface area contributed by atoms with Crippen LogP contribution in [-0.4, -0.2) is 21.5 Å². The van der Waals surface area contributed by atoms with E-state index < -0.39 is 0 Å². The number of nitrogen functional groups attached to an aromatic ring is 1. The summed E-state index contributed by atoms with van der Waals surface area (Å²) < 4.78 is 0. The first-order valence-corrected chi connectivity index (χ1v) is 8.10. The van der Waals surface area contributed by atoms with Gasteiger partial charge in [0.25, 0.3) is 0 Å². The zero-order valence-electron chi connectivity index (χ0n) is 12.4. The molecule has 0 bridgehead atoms. The lowest BCUT2D eigenvalue weighted by atomic mass is 9.96. The van der Waals surface area contributed by atoms with Crippen molar-refractivity contribution in [2.24, 2.45) is 0 Å². The molecule has 0 spiro atoms. The number of nitriles is 1. The van der Waals surface area contributed by atoms with E-state index in [0.717, 1.165) is 34.7 Å². The number of thioether (sulfide) groups is 1. The van der Waals surface area contributed by atoms with Crippen molar-refractivity contribution in [2.75, 3.05) is 17.6 Å². The molecule has 1 aliphatic rings. The van der Waals surface area contributed by atoms with Crippen molar-refractivity contribution in [1.82, 2.24) is 15.0 Å². The highest BCUT2D eigenvalue weighted by Gasteiger charge is 2.28. The molecule has 1 unspecified atom stereocenters. The number of fused-ring (bicyclic) bond motifs is 1. The fraction of sp³-hybridized carbons (Fsp3) is 0.333. The highest BCUT2D eigenvalue weighted by molar-refractivity contribution is 7.99. The summed E-state index contributed by atoms with van der Waals surface area (Å²) in [4.78, 5) is 13.0. The van der Waals surface area contributed by atoms with Gasteiger partial charge in [-0.3, -0.25) is 0 Å². The van der Waals surface area contributed by atoms with Crippen molar-refractivity contribution in [3.8, 4) is 17.2 Å². The van der Waals surface area contributed by atoms with Crippen molar-refractivity contribution in [2.45, 2.75) is 24.9 Å². The minimum Gasteiger partial charge on any atom is -0.383 e. The average Bonchev–Trinajstić information content (AvgIpc) is 2.88. The zero-order chi connectivity index (χ0) is 15.7. The van der Waals surface area contributed by atoms with Gasteiger partial charge in [-0.25, -0.2) is 15.0 Å². The molecule has 3 N–H and O–H groups in total. The fourth-order valence-corrected chi connectivity index (χ4v) is 3.63. The van der Waals surface area contributed by atoms with Crippen molar-refractivity contribution in [1.29, 1.82) is 5.26 Å². The van der Waals surface area contributed by atoms with E-state index >= 15 is 0 Å². The van der Waals surface area contributed by atoms with Gasteiger partial charge in [0, 0.05) is 41.1 Å². The van der Waals surface area contributed by atoms with Crippen LogP contribution in [-0.2, 0) is 5.75 Å². The molecular formula is C15H16N6S. The standard InChI is InChI=1S/C15H16N6S/c1-3-18-15-19-5-9(6-20-15)12-10(4-16)14(17)21-13-8(2)22-7-11(12)13/h5-6,8H,3,7H2,1-2H3,(H2,17,21)(H,18,19,20). The van der Waals surface area contributed by atoms with Gasteiger partial charge in [-0.05, 0) is 19.4 Å². The number of hydrogen-bond donors (Lipinski definition) is 2. The topological polar surface area (TPSA) is 101 Å². The molecule has 7 heteroatoms. The first-order chi connectivity index (χ1) is 10.7. The van der Waals surface area contributed by atoms with E-state index in [9.17, 15) is 5.26 Å². The van der Waals surface area contributed by atoms with Gasteiger partial charge < -0.3 is 11.1 Å². The summed E-state index contributed by atoms with van der Waals surface area (Å²) in [6.07, 6.45) is 3.46. The lowest BCUT2D eigenvalue weighted by molar-refractivity contribution is 1.01. The maximum atomic E-state index is 9.47. The lowest BCUT2D eigenvalue weighted by Gasteiger charge is -2.13. The molecule has 1 aliphatic heterocycles. The fourth-order valence-electron chi connectivity index (χ4n) is 2.57. The van der Waals surface area contributed by atoms with Crippen LogP contribution in [0.25, 0.3) is 11.1 Å². The van der Waals surface area contributed by atoms with E-state index in [1.165, 1.54) is 0 Å². The monoisotopic (exact) mass is 312 g/mol. The summed E-state index contributed by atoms with van der Waals surface area (Å²) in [5.74, 6) is 1.68. The highest BCUT2D eigenvalue weighted by atomic mass is 32.2. The van der Waals surface area contributed by atoms with Crippen molar-refractivity contribution in [3.05, 3.63) is 29.2 Å². The number of nitrogens with zero attached hydrogens (tertiary/aromatic N) is 4. The number of pyridine rings is 1. The summed E-state index contributed by atoms with van der Waals surface area (Å²) in [7, 11) is 0. The predicted molar refractivity (Wildman–Crippen MR) is 88.3 cm³/mol. The van der Waals surface area contributed by atoms with E-state index in [2.05, 4.69) is 33.3 Å². The van der Waals surface area contributed by atoms with Crippen molar-refractivity contribution < 1.29 is 0 Å². The Balaban J connectivity index is 2.17. The summed E-state index contributed by atoms with van der Waals surface area (Å²) >= 11 is 1.79. The Morgan fingerprint density at radius 3 is 2.82 bits per heavy atom. The van der Waals surface area contributed by atoms with Crippen LogP contribution >= 0.6 is 11.8 Å². The maximum Gasteiger partial charge on any atom is 0.222 e. The van der Waals surface area contributed by atoms with Gasteiger partial charge in [-0.2, -0.15) is 5.26 Å². The molecule has 3 heterocycles. The Bertz CT molecular complexity index is 750. The highest BCUT2D eigenvalue weighted by Crippen LogP contribution is 2.46. The molecule has 22 heavy (non-hydrogen) atoms. The Hall–Kier alpha value is -2.33. The summed E-state index contributed by atoms with van der Waals surface area (Å²) in [6, 6.07) is 2.18. The quantitative estimate of drug-likeness (QED) is 0.898. The number of aromatic nitrogens is 3. The van der Waals surface area contributed by atoms with Gasteiger partial charge in [-0.1, -0.05) is 0 Å². The van der Waals surface area contributed by atoms with Crippen LogP contribution in [0.2, 0.25) is 0 Å². The molecule has 1 atom stereocenters. The van der Waals surface area contributed by atoms with Crippen LogP contribution in [0.1, 0.15) is 35.9 Å². The van der Waals surface area contributed by atoms with E-state index in [1.54, 1.807) is 24.2 Å². The first-order valence-electron chi connectivity index (χ1n) is 7.06. The van der Waals surface area contributed by atoms with Crippen LogP contribution in [0.3, 0.4) is 0 Å². The van der Waals surface area contributed by atoms with Crippen LogP contribution < -0.4 is 11.1 Å². The van der Waals surface area contributed by atoms with Gasteiger partial charge in [0.15, 0.2) is 0 Å². The molecular weight excluding hydrogens is 296 g/mol. The number of nitrogens with one attached hydrogen (secondary N) is 1. The average molecular weight is 312 g/mol. The molecule has 0 aromatic carbocycles. The van der Waals surface area contributed by atoms with E-state index in [0.29, 0.717) is 11.5 Å². The third kappa shape index (κ3) is 2.35. The minimum absolute atomic E-state index is 0.279. The third-order valence-corrected chi connectivity index (χ3v) is 4.79. The van der Waals surface area contributed by atoms with E-state index in [1.807, 2.05) is 6.92 Å². The normalized spacial score (nSPS) is 16.1. The molecule has 6 nitrogen and oxygen atoms in total. The van der Waals surface area contributed by atoms with Gasteiger partial charge in [0.05, 0.1) is 5.69 Å². The summed E-state index contributed by atoms with van der Waals surface area (Å²) in [5.41, 5.74) is 10.1. The summed E-state index contributed by atoms with van der Waals surface area (Å²) in [6.45, 7) is 4.85. The number of nitrogens with two attached hydrogens (primary N) is 1. The second kappa shape index (κ2) is 5.81. The molecule has 0 radical (unpaired) electrons. The van der Waals surface area contributed by atoms with Gasteiger partial charge >= 0.3 is 0 Å². The van der Waals surface area contributed by atoms with Gasteiger partial charge in [0.2, 0.25) is 5.95 Å². The molecule has 2 aromatic heterocycles. The van der Waals surface area contributed by atoms with Crippen molar-refractivity contribution in [3.63, 3.8) is 0 Å². The van der Waals surface area contributed by atoms with Crippen LogP contribution in [0.4, 0.5) is 11.8 Å². The summed E-state index contributed by atoms with van der Waals surface area (Å²) in [5, 5.41) is 12.8. The minimum atomic E-state index is 0.279. The van der Waals surface area contributed by atoms with E-state index in [-0.39, 0.29) is 11.1 Å². The molecule has 0 aliphatic carbocycles. The molecule has 0 fully saturated rings. The third-order valence-electron chi connectivity index (χ3n) is 3.61. The van der Waals surface area contributed by atoms with Crippen LogP contribution in [0, 0.1) is 11.3 Å². The molecule has 0 saturated carbocycles. The second-order valence-corrected chi connectivity index (χ2v) is 6.33. The van der Waals surface area contributed by atoms with E-state index in [4.69, 9.17) is 5.73 Å². The SMILES string of the molecule is CCNc1ncc(-c2c(C#N)c(N)nc3c2CSC3C)cn1. The Kier molecular flexibility index (Phi) is 3.86. The molecule has 2 aromatic rings. The Morgan fingerprint density at radius 1 is 1.45 bits per heavy atom. The Morgan fingerprint density at radius 2 is 2.18 bits per heavy atom. The van der Waals surface area contributed by atoms with Gasteiger partial charge in [-0.15, -0.1) is 11.8 Å². The molecule has 0 saturated heterocycles. The van der Waals surface area contributed by atoms with Crippen LogP contribution in [0.5, 0.6) is 0 Å². The van der Waals surface area contributed by atoms with Crippen LogP contribution in [0.15, 0.2) is 12.4 Å². The smallest absolute Gasteiger partial charge is 0.222 e. The number of rotatable bonds is 3. The largest absolute Gasteiger partial charge is 0.383 e. The number of hydrogen-bond acceptors (Lipinski definition) is 7. The number of anilines is 2. The molecule has 112 valence electrons. The molecule has 0 amide bonds.